The third kappa shape index (κ3) is 3.52. The van der Waals surface area contributed by atoms with Crippen LogP contribution in [0.25, 0.3) is 22.3 Å². The summed E-state index contributed by atoms with van der Waals surface area (Å²) >= 11 is 0. The number of ether oxygens (including phenoxy) is 1. The summed E-state index contributed by atoms with van der Waals surface area (Å²) in [5, 5.41) is 4.38. The fourth-order valence-electron chi connectivity index (χ4n) is 2.82. The summed E-state index contributed by atoms with van der Waals surface area (Å²) in [6.45, 7) is 4.03. The Labute approximate surface area is 152 Å². The summed E-state index contributed by atoms with van der Waals surface area (Å²) in [5.74, 6) is 1.61. The van der Waals surface area contributed by atoms with Gasteiger partial charge in [0.1, 0.15) is 11.6 Å². The van der Waals surface area contributed by atoms with Crippen molar-refractivity contribution in [1.29, 1.82) is 0 Å². The van der Waals surface area contributed by atoms with Crippen molar-refractivity contribution in [3.63, 3.8) is 0 Å². The first-order valence-electron chi connectivity index (χ1n) is 8.61. The Kier molecular flexibility index (Phi) is 4.27. The normalized spacial score (nSPS) is 11.0. The number of aromatic nitrogens is 3. The molecule has 0 bridgehead atoms. The number of rotatable bonds is 5. The van der Waals surface area contributed by atoms with Crippen LogP contribution in [0.15, 0.2) is 67.0 Å². The predicted molar refractivity (Wildman–Crippen MR) is 105 cm³/mol. The quantitative estimate of drug-likeness (QED) is 0.525. The minimum absolute atomic E-state index is 0.142. The van der Waals surface area contributed by atoms with E-state index in [1.807, 2.05) is 68.6 Å². The molecule has 4 rings (SSSR count). The van der Waals surface area contributed by atoms with Crippen LogP contribution in [0, 0.1) is 0 Å². The fraction of sp³-hybridized carbons (Fsp3) is 0.143. The molecule has 5 nitrogen and oxygen atoms in total. The molecular weight excluding hydrogens is 324 g/mol. The maximum absolute atomic E-state index is 5.74. The minimum Gasteiger partial charge on any atom is -0.491 e. The molecule has 4 aromatic rings. The maximum Gasteiger partial charge on any atom is 0.132 e. The average Bonchev–Trinajstić information content (AvgIpc) is 3.06. The Morgan fingerprint density at radius 2 is 1.92 bits per heavy atom. The van der Waals surface area contributed by atoms with Crippen molar-refractivity contribution in [2.45, 2.75) is 20.0 Å². The van der Waals surface area contributed by atoms with Gasteiger partial charge in [-0.15, -0.1) is 0 Å². The molecular formula is C21H20N4O. The Hall–Kier alpha value is -3.34. The molecule has 0 saturated heterocycles. The summed E-state index contributed by atoms with van der Waals surface area (Å²) in [4.78, 5) is 12.3. The first kappa shape index (κ1) is 16.1. The Morgan fingerprint density at radius 3 is 2.73 bits per heavy atom. The number of nitrogens with zero attached hydrogens (tertiary/aromatic N) is 2. The summed E-state index contributed by atoms with van der Waals surface area (Å²) in [6, 6.07) is 17.8. The second kappa shape index (κ2) is 6.88. The lowest BCUT2D eigenvalue weighted by atomic mass is 10.2. The summed E-state index contributed by atoms with van der Waals surface area (Å²) in [7, 11) is 0. The first-order chi connectivity index (χ1) is 12.7. The maximum atomic E-state index is 5.74. The van der Waals surface area contributed by atoms with Crippen LogP contribution in [0.4, 0.5) is 11.5 Å². The molecule has 0 radical (unpaired) electrons. The molecule has 0 saturated carbocycles. The van der Waals surface area contributed by atoms with Crippen LogP contribution in [-0.2, 0) is 0 Å². The number of fused-ring (bicyclic) bond motifs is 1. The smallest absolute Gasteiger partial charge is 0.132 e. The zero-order valence-corrected chi connectivity index (χ0v) is 14.7. The number of aromatic amines is 1. The highest BCUT2D eigenvalue weighted by Gasteiger charge is 2.06. The summed E-state index contributed by atoms with van der Waals surface area (Å²) in [6.07, 6.45) is 3.79. The summed E-state index contributed by atoms with van der Waals surface area (Å²) in [5.41, 5.74) is 3.84. The molecule has 2 N–H and O–H groups in total. The molecule has 0 aliphatic heterocycles. The average molecular weight is 344 g/mol. The monoisotopic (exact) mass is 344 g/mol. The topological polar surface area (TPSA) is 62.8 Å². The van der Waals surface area contributed by atoms with Crippen LogP contribution in [0.1, 0.15) is 13.8 Å². The molecule has 0 aliphatic rings. The van der Waals surface area contributed by atoms with Gasteiger partial charge in [0.25, 0.3) is 0 Å². The number of benzene rings is 1. The zero-order chi connectivity index (χ0) is 17.9. The predicted octanol–water partition coefficient (Wildman–Crippen LogP) is 5.16. The number of nitrogens with one attached hydrogen (secondary N) is 2. The van der Waals surface area contributed by atoms with Gasteiger partial charge in [-0.05, 0) is 44.2 Å². The number of hydrogen-bond acceptors (Lipinski definition) is 4. The van der Waals surface area contributed by atoms with Crippen LogP contribution in [0.2, 0.25) is 0 Å². The van der Waals surface area contributed by atoms with E-state index in [1.54, 1.807) is 6.20 Å². The molecule has 1 aromatic carbocycles. The third-order valence-corrected chi connectivity index (χ3v) is 3.92. The highest BCUT2D eigenvalue weighted by molar-refractivity contribution is 5.86. The SMILES string of the molecule is CC(C)Oc1cccc(Nc2cc3[nH]c(-c4ccccn4)cc3cn2)c1. The second-order valence-corrected chi connectivity index (χ2v) is 6.37. The van der Waals surface area contributed by atoms with Gasteiger partial charge < -0.3 is 15.0 Å². The van der Waals surface area contributed by atoms with Gasteiger partial charge >= 0.3 is 0 Å². The highest BCUT2D eigenvalue weighted by Crippen LogP contribution is 2.26. The van der Waals surface area contributed by atoms with Crippen molar-refractivity contribution < 1.29 is 4.74 Å². The van der Waals surface area contributed by atoms with Crippen molar-refractivity contribution in [2.75, 3.05) is 5.32 Å². The number of H-pyrrole nitrogens is 1. The number of hydrogen-bond donors (Lipinski definition) is 2. The first-order valence-corrected chi connectivity index (χ1v) is 8.61. The van der Waals surface area contributed by atoms with Gasteiger partial charge in [0.2, 0.25) is 0 Å². The fourth-order valence-corrected chi connectivity index (χ4v) is 2.82. The van der Waals surface area contributed by atoms with Crippen molar-refractivity contribution in [3.05, 3.63) is 67.0 Å². The molecule has 26 heavy (non-hydrogen) atoms. The van der Waals surface area contributed by atoms with E-state index in [9.17, 15) is 0 Å². The van der Waals surface area contributed by atoms with Crippen LogP contribution in [0.3, 0.4) is 0 Å². The standard InChI is InChI=1S/C21H20N4O/c1-14(2)26-17-7-5-6-16(11-17)24-21-12-19-15(13-23-21)10-20(25-19)18-8-3-4-9-22-18/h3-14,25H,1-2H3,(H,23,24). The van der Waals surface area contributed by atoms with Crippen LogP contribution < -0.4 is 10.1 Å². The molecule has 130 valence electrons. The van der Waals surface area contributed by atoms with E-state index < -0.39 is 0 Å². The van der Waals surface area contributed by atoms with Crippen molar-refractivity contribution in [3.8, 4) is 17.1 Å². The largest absolute Gasteiger partial charge is 0.491 e. The molecule has 0 spiro atoms. The molecule has 0 amide bonds. The lowest BCUT2D eigenvalue weighted by Crippen LogP contribution is -2.05. The van der Waals surface area contributed by atoms with Gasteiger partial charge in [0.15, 0.2) is 0 Å². The van der Waals surface area contributed by atoms with Crippen LogP contribution in [-0.4, -0.2) is 21.1 Å². The van der Waals surface area contributed by atoms with Crippen molar-refractivity contribution in [1.82, 2.24) is 15.0 Å². The Morgan fingerprint density at radius 1 is 1.00 bits per heavy atom. The van der Waals surface area contributed by atoms with E-state index >= 15 is 0 Å². The van der Waals surface area contributed by atoms with E-state index in [0.717, 1.165) is 39.5 Å². The molecule has 5 heteroatoms. The third-order valence-electron chi connectivity index (χ3n) is 3.92. The van der Waals surface area contributed by atoms with E-state index in [1.165, 1.54) is 0 Å². The van der Waals surface area contributed by atoms with Crippen LogP contribution >= 0.6 is 0 Å². The van der Waals surface area contributed by atoms with Gasteiger partial charge in [-0.25, -0.2) is 4.98 Å². The lowest BCUT2D eigenvalue weighted by Gasteiger charge is -2.11. The number of pyridine rings is 2. The Bertz CT molecular complexity index is 1020. The second-order valence-electron chi connectivity index (χ2n) is 6.37. The van der Waals surface area contributed by atoms with E-state index in [4.69, 9.17) is 4.74 Å². The Balaban J connectivity index is 1.60. The van der Waals surface area contributed by atoms with Crippen LogP contribution in [0.5, 0.6) is 5.75 Å². The molecule has 0 atom stereocenters. The molecule has 0 fully saturated rings. The van der Waals surface area contributed by atoms with E-state index in [0.29, 0.717) is 0 Å². The molecule has 3 aromatic heterocycles. The van der Waals surface area contributed by atoms with Gasteiger partial charge in [-0.1, -0.05) is 12.1 Å². The van der Waals surface area contributed by atoms with Gasteiger partial charge in [0, 0.05) is 35.6 Å². The molecule has 0 unspecified atom stereocenters. The van der Waals surface area contributed by atoms with Gasteiger partial charge in [-0.3, -0.25) is 4.98 Å². The zero-order valence-electron chi connectivity index (χ0n) is 14.7. The van der Waals surface area contributed by atoms with Crippen molar-refractivity contribution >= 4 is 22.4 Å². The molecule has 3 heterocycles. The highest BCUT2D eigenvalue weighted by atomic mass is 16.5. The summed E-state index contributed by atoms with van der Waals surface area (Å²) < 4.78 is 5.74. The molecule has 0 aliphatic carbocycles. The number of anilines is 2. The van der Waals surface area contributed by atoms with E-state index in [2.05, 4.69) is 26.3 Å². The van der Waals surface area contributed by atoms with Gasteiger partial charge in [-0.2, -0.15) is 0 Å². The van der Waals surface area contributed by atoms with E-state index in [-0.39, 0.29) is 6.10 Å². The van der Waals surface area contributed by atoms with Crippen molar-refractivity contribution in [2.24, 2.45) is 0 Å². The lowest BCUT2D eigenvalue weighted by molar-refractivity contribution is 0.242. The van der Waals surface area contributed by atoms with Gasteiger partial charge in [0.05, 0.1) is 23.0 Å². The minimum atomic E-state index is 0.142.